The van der Waals surface area contributed by atoms with Crippen LogP contribution in [0.15, 0.2) is 36.4 Å². The van der Waals surface area contributed by atoms with Gasteiger partial charge in [0.1, 0.15) is 12.2 Å². The SMILES string of the molecule is O=C(COC1CCC(Nc2ccc([N+](=O)[O-])c(C(F)(F)F)c2)CC1)N1CCc2cc(C(F)(F)F)ccc2C1. The number of benzene rings is 2. The van der Waals surface area contributed by atoms with Crippen LogP contribution in [0.3, 0.4) is 0 Å². The summed E-state index contributed by atoms with van der Waals surface area (Å²) in [6.07, 6.45) is -6.92. The van der Waals surface area contributed by atoms with Crippen molar-refractivity contribution < 1.29 is 40.8 Å². The van der Waals surface area contributed by atoms with Crippen LogP contribution in [-0.4, -0.2) is 41.0 Å². The van der Waals surface area contributed by atoms with Crippen LogP contribution < -0.4 is 5.32 Å². The van der Waals surface area contributed by atoms with Crippen LogP contribution in [0.2, 0.25) is 0 Å². The molecule has 0 radical (unpaired) electrons. The Morgan fingerprint density at radius 1 is 1.00 bits per heavy atom. The van der Waals surface area contributed by atoms with E-state index in [4.69, 9.17) is 4.74 Å². The molecule has 2 aromatic carbocycles. The van der Waals surface area contributed by atoms with E-state index in [1.807, 2.05) is 0 Å². The molecule has 1 amide bonds. The number of carbonyl (C=O) groups excluding carboxylic acids is 1. The lowest BCUT2D eigenvalue weighted by Gasteiger charge is -2.32. The molecular weight excluding hydrogens is 520 g/mol. The summed E-state index contributed by atoms with van der Waals surface area (Å²) in [5, 5.41) is 13.9. The van der Waals surface area contributed by atoms with Crippen LogP contribution in [0.1, 0.15) is 47.9 Å². The third-order valence-electron chi connectivity index (χ3n) is 6.88. The van der Waals surface area contributed by atoms with Crippen LogP contribution in [0.5, 0.6) is 0 Å². The number of carbonyl (C=O) groups is 1. The lowest BCUT2D eigenvalue weighted by atomic mass is 9.92. The van der Waals surface area contributed by atoms with E-state index < -0.39 is 34.1 Å². The van der Waals surface area contributed by atoms with Crippen molar-refractivity contribution in [2.24, 2.45) is 0 Å². The summed E-state index contributed by atoms with van der Waals surface area (Å²) in [6.45, 7) is 0.333. The first-order chi connectivity index (χ1) is 17.8. The molecule has 7 nitrogen and oxygen atoms in total. The van der Waals surface area contributed by atoms with Crippen LogP contribution in [0.25, 0.3) is 0 Å². The minimum absolute atomic E-state index is 0.134. The summed E-state index contributed by atoms with van der Waals surface area (Å²) in [5.74, 6) is -0.263. The van der Waals surface area contributed by atoms with Crippen LogP contribution in [-0.2, 0) is 34.8 Å². The molecule has 13 heteroatoms. The van der Waals surface area contributed by atoms with Crippen LogP contribution in [0, 0.1) is 10.1 Å². The Labute approximate surface area is 213 Å². The number of rotatable bonds is 6. The van der Waals surface area contributed by atoms with Gasteiger partial charge < -0.3 is 15.0 Å². The van der Waals surface area contributed by atoms with Gasteiger partial charge in [0, 0.05) is 30.9 Å². The standard InChI is InChI=1S/C25H25F6N3O4/c26-24(27,28)17-2-1-16-13-33(10-9-15(16)11-17)23(35)14-38-20-6-3-18(4-7-20)32-19-5-8-22(34(36)37)21(12-19)25(29,30)31/h1-2,5,8,11-12,18,20,32H,3-4,6-7,9-10,13-14H2. The lowest BCUT2D eigenvalue weighted by molar-refractivity contribution is -0.388. The van der Waals surface area contributed by atoms with Crippen LogP contribution in [0.4, 0.5) is 37.7 Å². The molecule has 0 aromatic heterocycles. The van der Waals surface area contributed by atoms with E-state index in [0.29, 0.717) is 49.8 Å². The molecule has 0 unspecified atom stereocenters. The van der Waals surface area contributed by atoms with Gasteiger partial charge in [-0.25, -0.2) is 0 Å². The highest BCUT2D eigenvalue weighted by atomic mass is 19.4. The second-order valence-electron chi connectivity index (χ2n) is 9.46. The number of nitro groups is 1. The summed E-state index contributed by atoms with van der Waals surface area (Å²) < 4.78 is 84.2. The minimum Gasteiger partial charge on any atom is -0.382 e. The molecule has 38 heavy (non-hydrogen) atoms. The Kier molecular flexibility index (Phi) is 7.86. The molecule has 0 atom stereocenters. The number of anilines is 1. The molecule has 1 aliphatic carbocycles. The van der Waals surface area contributed by atoms with Gasteiger partial charge in [-0.1, -0.05) is 6.07 Å². The van der Waals surface area contributed by atoms with E-state index in [0.717, 1.165) is 24.3 Å². The van der Waals surface area contributed by atoms with E-state index in [9.17, 15) is 41.3 Å². The van der Waals surface area contributed by atoms with Crippen molar-refractivity contribution in [1.29, 1.82) is 0 Å². The minimum atomic E-state index is -4.86. The van der Waals surface area contributed by atoms with E-state index in [2.05, 4.69) is 5.32 Å². The van der Waals surface area contributed by atoms with Gasteiger partial charge in [-0.05, 0) is 67.5 Å². The maximum absolute atomic E-state index is 13.2. The zero-order chi connectivity index (χ0) is 27.7. The van der Waals surface area contributed by atoms with Gasteiger partial charge in [0.15, 0.2) is 0 Å². The van der Waals surface area contributed by atoms with Gasteiger partial charge in [0.2, 0.25) is 5.91 Å². The summed E-state index contributed by atoms with van der Waals surface area (Å²) in [4.78, 5) is 24.0. The van der Waals surface area contributed by atoms with Crippen molar-refractivity contribution in [2.45, 2.75) is 63.1 Å². The number of hydrogen-bond donors (Lipinski definition) is 1. The molecule has 0 bridgehead atoms. The number of hydrogen-bond acceptors (Lipinski definition) is 5. The van der Waals surface area contributed by atoms with Crippen molar-refractivity contribution in [3.8, 4) is 0 Å². The normalized spacial score (nSPS) is 20.1. The second kappa shape index (κ2) is 10.8. The largest absolute Gasteiger partial charge is 0.423 e. The summed E-state index contributed by atoms with van der Waals surface area (Å²) in [6, 6.07) is 6.19. The Hall–Kier alpha value is -3.35. The van der Waals surface area contributed by atoms with Gasteiger partial charge in [0.25, 0.3) is 5.69 Å². The number of nitrogens with zero attached hydrogens (tertiary/aromatic N) is 2. The van der Waals surface area contributed by atoms with Crippen molar-refractivity contribution >= 4 is 17.3 Å². The highest BCUT2D eigenvalue weighted by Gasteiger charge is 2.38. The number of amides is 1. The van der Waals surface area contributed by atoms with Gasteiger partial charge in [-0.2, -0.15) is 26.3 Å². The van der Waals surface area contributed by atoms with Crippen molar-refractivity contribution in [1.82, 2.24) is 4.90 Å². The molecule has 1 saturated carbocycles. The number of alkyl halides is 6. The van der Waals surface area contributed by atoms with Crippen molar-refractivity contribution in [3.05, 3.63) is 68.8 Å². The third kappa shape index (κ3) is 6.55. The molecule has 2 aromatic rings. The van der Waals surface area contributed by atoms with Crippen LogP contribution >= 0.6 is 0 Å². The number of ether oxygens (including phenoxy) is 1. The molecule has 206 valence electrons. The van der Waals surface area contributed by atoms with Gasteiger partial charge in [-0.15, -0.1) is 0 Å². The Morgan fingerprint density at radius 2 is 1.71 bits per heavy atom. The number of nitro benzene ring substituents is 1. The van der Waals surface area contributed by atoms with E-state index in [1.165, 1.54) is 12.1 Å². The average molecular weight is 545 g/mol. The Bertz CT molecular complexity index is 1190. The third-order valence-corrected chi connectivity index (χ3v) is 6.88. The van der Waals surface area contributed by atoms with Gasteiger partial charge >= 0.3 is 12.4 Å². The van der Waals surface area contributed by atoms with Crippen molar-refractivity contribution in [2.75, 3.05) is 18.5 Å². The maximum Gasteiger partial charge on any atom is 0.423 e. The topological polar surface area (TPSA) is 84.7 Å². The van der Waals surface area contributed by atoms with Crippen molar-refractivity contribution in [3.63, 3.8) is 0 Å². The molecule has 0 spiro atoms. The van der Waals surface area contributed by atoms with E-state index in [1.54, 1.807) is 4.90 Å². The molecule has 1 aliphatic heterocycles. The summed E-state index contributed by atoms with van der Waals surface area (Å²) in [7, 11) is 0. The number of halogens is 6. The molecular formula is C25H25F6N3O4. The molecule has 1 fully saturated rings. The molecule has 0 saturated heterocycles. The zero-order valence-corrected chi connectivity index (χ0v) is 20.1. The molecule has 1 N–H and O–H groups in total. The monoisotopic (exact) mass is 545 g/mol. The Morgan fingerprint density at radius 3 is 2.34 bits per heavy atom. The molecule has 1 heterocycles. The predicted octanol–water partition coefficient (Wildman–Crippen LogP) is 5.96. The fourth-order valence-electron chi connectivity index (χ4n) is 4.84. The first-order valence-electron chi connectivity index (χ1n) is 12.0. The first kappa shape index (κ1) is 27.7. The number of nitrogens with one attached hydrogen (secondary N) is 1. The number of fused-ring (bicyclic) bond motifs is 1. The van der Waals surface area contributed by atoms with Gasteiger partial charge in [-0.3, -0.25) is 14.9 Å². The average Bonchev–Trinajstić information content (AvgIpc) is 2.86. The van der Waals surface area contributed by atoms with Gasteiger partial charge in [0.05, 0.1) is 16.6 Å². The molecule has 2 aliphatic rings. The summed E-state index contributed by atoms with van der Waals surface area (Å²) >= 11 is 0. The zero-order valence-electron chi connectivity index (χ0n) is 20.1. The Balaban J connectivity index is 1.25. The highest BCUT2D eigenvalue weighted by Crippen LogP contribution is 2.38. The highest BCUT2D eigenvalue weighted by molar-refractivity contribution is 5.77. The predicted molar refractivity (Wildman–Crippen MR) is 124 cm³/mol. The molecule has 4 rings (SSSR count). The smallest absolute Gasteiger partial charge is 0.382 e. The first-order valence-corrected chi connectivity index (χ1v) is 12.0. The van der Waals surface area contributed by atoms with E-state index >= 15 is 0 Å². The summed E-state index contributed by atoms with van der Waals surface area (Å²) in [5.41, 5.74) is -1.65. The van der Waals surface area contributed by atoms with E-state index in [-0.39, 0.29) is 36.9 Å². The fraction of sp³-hybridized carbons (Fsp3) is 0.480. The quantitative estimate of drug-likeness (QED) is 0.275. The second-order valence-corrected chi connectivity index (χ2v) is 9.46. The fourth-order valence-corrected chi connectivity index (χ4v) is 4.84. The maximum atomic E-state index is 13.2. The lowest BCUT2D eigenvalue weighted by Crippen LogP contribution is -2.39.